The molecule has 0 aliphatic heterocycles. The van der Waals surface area contributed by atoms with E-state index in [1.807, 2.05) is 36.2 Å². The highest BCUT2D eigenvalue weighted by atomic mass is 16.6. The molecule has 0 spiro atoms. The molecule has 8 nitrogen and oxygen atoms in total. The third kappa shape index (κ3) is 5.18. The Morgan fingerprint density at radius 3 is 2.62 bits per heavy atom. The van der Waals surface area contributed by atoms with Gasteiger partial charge in [0.25, 0.3) is 5.69 Å². The van der Waals surface area contributed by atoms with Crippen molar-refractivity contribution in [1.29, 1.82) is 0 Å². The molecule has 0 aromatic heterocycles. The zero-order valence-electron chi connectivity index (χ0n) is 14.9. The summed E-state index contributed by atoms with van der Waals surface area (Å²) in [6, 6.07) is 11.7. The third-order valence-corrected chi connectivity index (χ3v) is 3.67. The molecule has 0 aliphatic rings. The number of anilines is 1. The number of non-ortho nitro benzene ring substituents is 1. The fourth-order valence-electron chi connectivity index (χ4n) is 2.47. The van der Waals surface area contributed by atoms with Crippen LogP contribution in [0, 0.1) is 10.1 Å². The number of amides is 1. The number of carbonyl (C=O) groups is 1. The summed E-state index contributed by atoms with van der Waals surface area (Å²) in [5.74, 6) is 0.751. The van der Waals surface area contributed by atoms with Crippen LogP contribution in [-0.2, 0) is 11.3 Å². The van der Waals surface area contributed by atoms with Crippen molar-refractivity contribution in [2.75, 3.05) is 33.1 Å². The van der Waals surface area contributed by atoms with Crippen molar-refractivity contribution in [3.8, 4) is 11.5 Å². The predicted octanol–water partition coefficient (Wildman–Crippen LogP) is 2.68. The minimum Gasteiger partial charge on any atom is -0.497 e. The maximum atomic E-state index is 12.3. The minimum atomic E-state index is -0.518. The summed E-state index contributed by atoms with van der Waals surface area (Å²) in [4.78, 5) is 24.4. The van der Waals surface area contributed by atoms with E-state index in [2.05, 4.69) is 5.32 Å². The van der Waals surface area contributed by atoms with Gasteiger partial charge < -0.3 is 14.8 Å². The zero-order chi connectivity index (χ0) is 19.1. The minimum absolute atomic E-state index is 0.102. The fraction of sp³-hybridized carbons (Fsp3) is 0.278. The molecule has 0 atom stereocenters. The van der Waals surface area contributed by atoms with Gasteiger partial charge in [-0.25, -0.2) is 0 Å². The van der Waals surface area contributed by atoms with E-state index in [9.17, 15) is 14.9 Å². The molecule has 138 valence electrons. The molecule has 0 saturated carbocycles. The van der Waals surface area contributed by atoms with Crippen LogP contribution >= 0.6 is 0 Å². The second-order valence-electron chi connectivity index (χ2n) is 5.71. The lowest BCUT2D eigenvalue weighted by Crippen LogP contribution is -2.30. The Bertz CT molecular complexity index is 794. The highest BCUT2D eigenvalue weighted by Crippen LogP contribution is 2.28. The average Bonchev–Trinajstić information content (AvgIpc) is 2.61. The lowest BCUT2D eigenvalue weighted by molar-refractivity contribution is -0.384. The first-order chi connectivity index (χ1) is 12.4. The summed E-state index contributed by atoms with van der Waals surface area (Å²) in [6.45, 7) is 0.722. The van der Waals surface area contributed by atoms with E-state index in [1.54, 1.807) is 7.11 Å². The molecule has 0 heterocycles. The summed E-state index contributed by atoms with van der Waals surface area (Å²) in [5.41, 5.74) is 1.31. The van der Waals surface area contributed by atoms with Crippen LogP contribution < -0.4 is 14.8 Å². The van der Waals surface area contributed by atoms with Crippen LogP contribution in [-0.4, -0.2) is 43.5 Å². The summed E-state index contributed by atoms with van der Waals surface area (Å²) in [6.07, 6.45) is 0. The summed E-state index contributed by atoms with van der Waals surface area (Å²) >= 11 is 0. The molecule has 1 N–H and O–H groups in total. The van der Waals surface area contributed by atoms with E-state index in [0.717, 1.165) is 11.3 Å². The molecule has 0 aliphatic carbocycles. The molecule has 0 unspecified atom stereocenters. The largest absolute Gasteiger partial charge is 0.497 e. The van der Waals surface area contributed by atoms with E-state index < -0.39 is 4.92 Å². The lowest BCUT2D eigenvalue weighted by Gasteiger charge is -2.17. The average molecular weight is 359 g/mol. The maximum Gasteiger partial charge on any atom is 0.273 e. The molecule has 0 radical (unpaired) electrons. The highest BCUT2D eigenvalue weighted by Gasteiger charge is 2.14. The molecule has 2 rings (SSSR count). The van der Waals surface area contributed by atoms with Gasteiger partial charge in [-0.15, -0.1) is 0 Å². The second kappa shape index (κ2) is 8.82. The summed E-state index contributed by atoms with van der Waals surface area (Å²) in [7, 11) is 4.82. The normalized spacial score (nSPS) is 10.5. The smallest absolute Gasteiger partial charge is 0.273 e. The number of likely N-dealkylation sites (N-methyl/N-ethyl adjacent to an activating group) is 1. The lowest BCUT2D eigenvalue weighted by atomic mass is 10.2. The number of benzene rings is 2. The molecule has 0 fully saturated rings. The molecule has 8 heteroatoms. The molecular weight excluding hydrogens is 338 g/mol. The Morgan fingerprint density at radius 2 is 1.96 bits per heavy atom. The predicted molar refractivity (Wildman–Crippen MR) is 97.6 cm³/mol. The van der Waals surface area contributed by atoms with Gasteiger partial charge in [-0.1, -0.05) is 12.1 Å². The number of methoxy groups -OCH3 is 2. The van der Waals surface area contributed by atoms with E-state index in [0.29, 0.717) is 12.2 Å². The van der Waals surface area contributed by atoms with Gasteiger partial charge >= 0.3 is 0 Å². The molecule has 0 saturated heterocycles. The number of nitro groups is 1. The van der Waals surface area contributed by atoms with Crippen LogP contribution in [0.4, 0.5) is 11.4 Å². The van der Waals surface area contributed by atoms with Crippen LogP contribution in [0.2, 0.25) is 0 Å². The molecule has 1 amide bonds. The van der Waals surface area contributed by atoms with Crippen molar-refractivity contribution < 1.29 is 19.2 Å². The number of rotatable bonds is 8. The Kier molecular flexibility index (Phi) is 6.51. The molecule has 2 aromatic carbocycles. The first-order valence-electron chi connectivity index (χ1n) is 7.86. The number of ether oxygens (including phenoxy) is 2. The summed E-state index contributed by atoms with van der Waals surface area (Å²) in [5, 5.41) is 13.5. The van der Waals surface area contributed by atoms with Gasteiger partial charge in [0.2, 0.25) is 5.91 Å². The van der Waals surface area contributed by atoms with E-state index in [-0.39, 0.29) is 23.9 Å². The van der Waals surface area contributed by atoms with Gasteiger partial charge in [0.15, 0.2) is 0 Å². The van der Waals surface area contributed by atoms with Crippen LogP contribution in [0.1, 0.15) is 5.56 Å². The van der Waals surface area contributed by atoms with Gasteiger partial charge in [-0.2, -0.15) is 0 Å². The van der Waals surface area contributed by atoms with Crippen molar-refractivity contribution in [2.45, 2.75) is 6.54 Å². The monoisotopic (exact) mass is 359 g/mol. The number of nitro benzene ring substituents is 1. The topological polar surface area (TPSA) is 93.9 Å². The Labute approximate surface area is 151 Å². The van der Waals surface area contributed by atoms with Crippen LogP contribution in [0.25, 0.3) is 0 Å². The van der Waals surface area contributed by atoms with E-state index in [1.165, 1.54) is 25.3 Å². The number of carbonyl (C=O) groups excluding carboxylic acids is 1. The number of hydrogen-bond acceptors (Lipinski definition) is 6. The first-order valence-corrected chi connectivity index (χ1v) is 7.86. The van der Waals surface area contributed by atoms with Crippen molar-refractivity contribution in [1.82, 2.24) is 4.90 Å². The van der Waals surface area contributed by atoms with E-state index >= 15 is 0 Å². The van der Waals surface area contributed by atoms with Gasteiger partial charge in [-0.05, 0) is 30.8 Å². The van der Waals surface area contributed by atoms with Crippen molar-refractivity contribution in [3.05, 3.63) is 58.1 Å². The second-order valence-corrected chi connectivity index (χ2v) is 5.71. The summed E-state index contributed by atoms with van der Waals surface area (Å²) < 4.78 is 10.3. The highest BCUT2D eigenvalue weighted by molar-refractivity contribution is 5.93. The standard InChI is InChI=1S/C18H21N3O5/c1-20(11-13-5-4-6-15(9-13)25-2)12-18(22)19-16-8-7-14(21(23)24)10-17(16)26-3/h4-10H,11-12H2,1-3H3,(H,19,22). The molecular formula is C18H21N3O5. The van der Waals surface area contributed by atoms with Crippen LogP contribution in [0.3, 0.4) is 0 Å². The number of hydrogen-bond donors (Lipinski definition) is 1. The first kappa shape index (κ1) is 19.2. The number of nitrogens with one attached hydrogen (secondary N) is 1. The van der Waals surface area contributed by atoms with E-state index in [4.69, 9.17) is 9.47 Å². The van der Waals surface area contributed by atoms with Crippen molar-refractivity contribution in [3.63, 3.8) is 0 Å². The van der Waals surface area contributed by atoms with Gasteiger partial charge in [0, 0.05) is 12.6 Å². The van der Waals surface area contributed by atoms with Gasteiger partial charge in [0.05, 0.1) is 37.4 Å². The molecule has 2 aromatic rings. The maximum absolute atomic E-state index is 12.3. The van der Waals surface area contributed by atoms with Gasteiger partial charge in [-0.3, -0.25) is 19.8 Å². The Balaban J connectivity index is 1.98. The van der Waals surface area contributed by atoms with Crippen LogP contribution in [0.15, 0.2) is 42.5 Å². The van der Waals surface area contributed by atoms with Gasteiger partial charge in [0.1, 0.15) is 11.5 Å². The number of nitrogens with zero attached hydrogens (tertiary/aromatic N) is 2. The van der Waals surface area contributed by atoms with Crippen molar-refractivity contribution in [2.24, 2.45) is 0 Å². The van der Waals surface area contributed by atoms with Crippen LogP contribution in [0.5, 0.6) is 11.5 Å². The zero-order valence-corrected chi connectivity index (χ0v) is 14.9. The molecule has 26 heavy (non-hydrogen) atoms. The molecule has 0 bridgehead atoms. The quantitative estimate of drug-likeness (QED) is 0.575. The third-order valence-electron chi connectivity index (χ3n) is 3.67. The SMILES string of the molecule is COc1cccc(CN(C)CC(=O)Nc2ccc([N+](=O)[O-])cc2OC)c1. The Morgan fingerprint density at radius 1 is 1.19 bits per heavy atom. The van der Waals surface area contributed by atoms with Crippen molar-refractivity contribution >= 4 is 17.3 Å². The fourth-order valence-corrected chi connectivity index (χ4v) is 2.47. The Hall–Kier alpha value is -3.13.